The molecule has 0 radical (unpaired) electrons. The second kappa shape index (κ2) is 8.33. The fraction of sp³-hybridized carbons (Fsp3) is 0.632. The maximum absolute atomic E-state index is 10.2. The predicted octanol–water partition coefficient (Wildman–Crippen LogP) is 3.07. The van der Waals surface area contributed by atoms with Gasteiger partial charge in [0.25, 0.3) is 0 Å². The molecule has 23 heavy (non-hydrogen) atoms. The van der Waals surface area contributed by atoms with Crippen molar-refractivity contribution >= 4 is 5.69 Å². The van der Waals surface area contributed by atoms with Crippen LogP contribution in [-0.4, -0.2) is 31.3 Å². The van der Waals surface area contributed by atoms with Crippen LogP contribution in [0.1, 0.15) is 44.6 Å². The zero-order valence-electron chi connectivity index (χ0n) is 14.4. The third-order valence-electron chi connectivity index (χ3n) is 5.07. The van der Waals surface area contributed by atoms with Gasteiger partial charge in [-0.15, -0.1) is 0 Å². The van der Waals surface area contributed by atoms with E-state index in [1.165, 1.54) is 12.0 Å². The first-order chi connectivity index (χ1) is 11.0. The van der Waals surface area contributed by atoms with Crippen LogP contribution in [0.5, 0.6) is 0 Å². The summed E-state index contributed by atoms with van der Waals surface area (Å²) in [7, 11) is 2.01. The van der Waals surface area contributed by atoms with Gasteiger partial charge in [0.2, 0.25) is 0 Å². The van der Waals surface area contributed by atoms with E-state index in [2.05, 4.69) is 47.5 Å². The van der Waals surface area contributed by atoms with Crippen LogP contribution in [0.4, 0.5) is 5.69 Å². The Balaban J connectivity index is 1.81. The summed E-state index contributed by atoms with van der Waals surface area (Å²) < 4.78 is 0. The molecule has 0 aromatic heterocycles. The van der Waals surface area contributed by atoms with Crippen molar-refractivity contribution < 1.29 is 5.11 Å². The minimum atomic E-state index is -0.181. The number of anilines is 1. The lowest BCUT2D eigenvalue weighted by Crippen LogP contribution is -2.43. The Labute approximate surface area is 140 Å². The van der Waals surface area contributed by atoms with Crippen LogP contribution >= 0.6 is 0 Å². The van der Waals surface area contributed by atoms with E-state index in [1.54, 1.807) is 0 Å². The third-order valence-corrected chi connectivity index (χ3v) is 5.07. The largest absolute Gasteiger partial charge is 0.393 e. The Morgan fingerprint density at radius 3 is 2.74 bits per heavy atom. The molecule has 1 aliphatic carbocycles. The summed E-state index contributed by atoms with van der Waals surface area (Å²) in [6, 6.07) is 10.6. The molecule has 2 atom stereocenters. The summed E-state index contributed by atoms with van der Waals surface area (Å²) in [5.74, 6) is 0. The molecule has 126 valence electrons. The lowest BCUT2D eigenvalue weighted by molar-refractivity contribution is 0.00115. The van der Waals surface area contributed by atoms with Crippen molar-refractivity contribution in [3.8, 4) is 6.07 Å². The maximum atomic E-state index is 10.2. The molecule has 0 heterocycles. The summed E-state index contributed by atoms with van der Waals surface area (Å²) in [5.41, 5.74) is 2.39. The number of aliphatic hydroxyl groups excluding tert-OH is 1. The molecule has 0 saturated heterocycles. The fourth-order valence-electron chi connectivity index (χ4n) is 3.30. The van der Waals surface area contributed by atoms with Crippen LogP contribution < -0.4 is 10.2 Å². The highest BCUT2D eigenvalue weighted by molar-refractivity contribution is 5.46. The highest BCUT2D eigenvalue weighted by Crippen LogP contribution is 2.35. The lowest BCUT2D eigenvalue weighted by Gasteiger charge is -2.38. The van der Waals surface area contributed by atoms with Gasteiger partial charge < -0.3 is 15.3 Å². The molecule has 1 aromatic carbocycles. The van der Waals surface area contributed by atoms with Gasteiger partial charge in [-0.25, -0.2) is 0 Å². The Hall–Kier alpha value is -1.57. The number of rotatable bonds is 7. The van der Waals surface area contributed by atoms with Crippen molar-refractivity contribution in [2.24, 2.45) is 5.41 Å². The molecule has 0 aliphatic heterocycles. The van der Waals surface area contributed by atoms with Crippen LogP contribution in [0.25, 0.3) is 0 Å². The van der Waals surface area contributed by atoms with Crippen molar-refractivity contribution in [1.82, 2.24) is 5.32 Å². The number of aliphatic hydroxyl groups is 1. The third kappa shape index (κ3) is 4.95. The van der Waals surface area contributed by atoms with Gasteiger partial charge in [-0.2, -0.15) is 5.26 Å². The fourth-order valence-corrected chi connectivity index (χ4v) is 3.30. The average molecular weight is 315 g/mol. The van der Waals surface area contributed by atoms with Gasteiger partial charge in [0, 0.05) is 37.8 Å². The second-order valence-corrected chi connectivity index (χ2v) is 7.02. The molecule has 4 heteroatoms. The van der Waals surface area contributed by atoms with E-state index in [-0.39, 0.29) is 11.5 Å². The summed E-state index contributed by atoms with van der Waals surface area (Å²) in [6.45, 7) is 4.63. The van der Waals surface area contributed by atoms with Crippen molar-refractivity contribution in [1.29, 1.82) is 5.26 Å². The lowest BCUT2D eigenvalue weighted by atomic mass is 9.73. The molecule has 0 spiro atoms. The zero-order chi connectivity index (χ0) is 16.7. The Kier molecular flexibility index (Phi) is 6.44. The number of nitriles is 1. The molecule has 1 aliphatic rings. The molecule has 0 bridgehead atoms. The normalized spacial score (nSPS) is 24.2. The van der Waals surface area contributed by atoms with Crippen LogP contribution in [0.15, 0.2) is 24.3 Å². The van der Waals surface area contributed by atoms with E-state index in [1.807, 2.05) is 7.05 Å². The van der Waals surface area contributed by atoms with E-state index in [0.717, 1.165) is 44.6 Å². The maximum Gasteiger partial charge on any atom is 0.0640 e. The van der Waals surface area contributed by atoms with Gasteiger partial charge in [0.1, 0.15) is 0 Å². The van der Waals surface area contributed by atoms with E-state index in [9.17, 15) is 5.11 Å². The van der Waals surface area contributed by atoms with E-state index in [4.69, 9.17) is 5.26 Å². The first kappa shape index (κ1) is 17.8. The minimum absolute atomic E-state index is 0.00963. The quantitative estimate of drug-likeness (QED) is 0.812. The Bertz CT molecular complexity index is 522. The van der Waals surface area contributed by atoms with E-state index >= 15 is 0 Å². The highest BCUT2D eigenvalue weighted by atomic mass is 16.3. The van der Waals surface area contributed by atoms with Crippen LogP contribution in [0.2, 0.25) is 0 Å². The standard InChI is InChI=1S/C19H29N3O/c1-19(11-4-3-6-18(19)23)15-21-14-16-7-9-17(10-8-16)22(2)13-5-12-20/h7-10,18,21,23H,3-6,11,13-15H2,1-2H3. The van der Waals surface area contributed by atoms with Crippen molar-refractivity contribution in [2.45, 2.75) is 51.7 Å². The number of nitrogens with zero attached hydrogens (tertiary/aromatic N) is 2. The smallest absolute Gasteiger partial charge is 0.0640 e. The number of nitrogens with one attached hydrogen (secondary N) is 1. The molecule has 2 unspecified atom stereocenters. The van der Waals surface area contributed by atoms with Crippen molar-refractivity contribution in [3.05, 3.63) is 29.8 Å². The molecular weight excluding hydrogens is 286 g/mol. The SMILES string of the molecule is CN(CCC#N)c1ccc(CNCC2(C)CCCCC2O)cc1. The molecule has 1 aromatic rings. The first-order valence-electron chi connectivity index (χ1n) is 8.61. The first-order valence-corrected chi connectivity index (χ1v) is 8.61. The van der Waals surface area contributed by atoms with Crippen LogP contribution in [0.3, 0.4) is 0 Å². The van der Waals surface area contributed by atoms with Crippen LogP contribution in [0, 0.1) is 16.7 Å². The molecule has 2 N–H and O–H groups in total. The molecular formula is C19H29N3O. The summed E-state index contributed by atoms with van der Waals surface area (Å²) in [6.07, 6.45) is 4.77. The molecule has 1 saturated carbocycles. The number of benzene rings is 1. The highest BCUT2D eigenvalue weighted by Gasteiger charge is 2.34. The predicted molar refractivity (Wildman–Crippen MR) is 94.2 cm³/mol. The van der Waals surface area contributed by atoms with Crippen molar-refractivity contribution in [3.63, 3.8) is 0 Å². The van der Waals surface area contributed by atoms with E-state index < -0.39 is 0 Å². The summed E-state index contributed by atoms with van der Waals surface area (Å²) in [5, 5.41) is 22.4. The molecule has 1 fully saturated rings. The topological polar surface area (TPSA) is 59.3 Å². The summed E-state index contributed by atoms with van der Waals surface area (Å²) in [4.78, 5) is 2.10. The monoisotopic (exact) mass is 315 g/mol. The average Bonchev–Trinajstić information content (AvgIpc) is 2.56. The number of hydrogen-bond donors (Lipinski definition) is 2. The number of hydrogen-bond acceptors (Lipinski definition) is 4. The summed E-state index contributed by atoms with van der Waals surface area (Å²) >= 11 is 0. The Morgan fingerprint density at radius 1 is 1.35 bits per heavy atom. The van der Waals surface area contributed by atoms with Gasteiger partial charge in [0.15, 0.2) is 0 Å². The van der Waals surface area contributed by atoms with Crippen LogP contribution in [-0.2, 0) is 6.54 Å². The van der Waals surface area contributed by atoms with Gasteiger partial charge in [0.05, 0.1) is 18.6 Å². The Morgan fingerprint density at radius 2 is 2.09 bits per heavy atom. The van der Waals surface area contributed by atoms with Crippen molar-refractivity contribution in [2.75, 3.05) is 25.0 Å². The molecule has 0 amide bonds. The van der Waals surface area contributed by atoms with E-state index in [0.29, 0.717) is 6.42 Å². The van der Waals surface area contributed by atoms with Gasteiger partial charge >= 0.3 is 0 Å². The minimum Gasteiger partial charge on any atom is -0.393 e. The van der Waals surface area contributed by atoms with Gasteiger partial charge in [-0.1, -0.05) is 31.9 Å². The second-order valence-electron chi connectivity index (χ2n) is 7.02. The molecule has 4 nitrogen and oxygen atoms in total. The molecule has 2 rings (SSSR count). The van der Waals surface area contributed by atoms with Gasteiger partial charge in [-0.05, 0) is 30.5 Å². The zero-order valence-corrected chi connectivity index (χ0v) is 14.4. The van der Waals surface area contributed by atoms with Gasteiger partial charge in [-0.3, -0.25) is 0 Å².